The Morgan fingerprint density at radius 1 is 1.21 bits per heavy atom. The highest BCUT2D eigenvalue weighted by Crippen LogP contribution is 2.30. The number of carbonyl (C=O) groups excluding carboxylic acids is 1. The summed E-state index contributed by atoms with van der Waals surface area (Å²) >= 11 is 4.02. The smallest absolute Gasteiger partial charge is 0.284 e. The quantitative estimate of drug-likeness (QED) is 0.651. The number of aromatic nitrogens is 2. The van der Waals surface area contributed by atoms with Crippen LogP contribution in [0.2, 0.25) is 0 Å². The maximum absolute atomic E-state index is 12.3. The molecule has 0 saturated heterocycles. The SMILES string of the molecule is COc1ccc(-c2nnc(SC(=O)c3cc(Br)ccc3O)o2)cc1. The summed E-state index contributed by atoms with van der Waals surface area (Å²) in [6.45, 7) is 0. The minimum atomic E-state index is -0.390. The molecule has 1 N–H and O–H groups in total. The van der Waals surface area contributed by atoms with Crippen molar-refractivity contribution in [1.29, 1.82) is 0 Å². The normalized spacial score (nSPS) is 10.6. The van der Waals surface area contributed by atoms with Crippen molar-refractivity contribution in [2.24, 2.45) is 0 Å². The molecule has 0 aliphatic carbocycles. The summed E-state index contributed by atoms with van der Waals surface area (Å²) in [5, 5.41) is 17.3. The number of carbonyl (C=O) groups is 1. The van der Waals surface area contributed by atoms with Crippen LogP contribution in [0.15, 0.2) is 56.6 Å². The zero-order chi connectivity index (χ0) is 17.1. The average molecular weight is 407 g/mol. The summed E-state index contributed by atoms with van der Waals surface area (Å²) < 4.78 is 11.3. The largest absolute Gasteiger partial charge is 0.507 e. The summed E-state index contributed by atoms with van der Waals surface area (Å²) in [7, 11) is 1.58. The Kier molecular flexibility index (Phi) is 4.86. The molecule has 0 unspecified atom stereocenters. The number of phenolic OH excluding ortho intramolecular Hbond substituents is 1. The van der Waals surface area contributed by atoms with Gasteiger partial charge in [0.25, 0.3) is 5.22 Å². The van der Waals surface area contributed by atoms with Gasteiger partial charge in [-0.15, -0.1) is 10.2 Å². The zero-order valence-corrected chi connectivity index (χ0v) is 14.8. The minimum Gasteiger partial charge on any atom is -0.507 e. The molecular weight excluding hydrogens is 396 g/mol. The molecule has 0 aliphatic rings. The lowest BCUT2D eigenvalue weighted by atomic mass is 10.2. The molecule has 0 fully saturated rings. The lowest BCUT2D eigenvalue weighted by Gasteiger charge is -2.02. The van der Waals surface area contributed by atoms with E-state index in [-0.39, 0.29) is 16.5 Å². The van der Waals surface area contributed by atoms with E-state index in [9.17, 15) is 9.90 Å². The third kappa shape index (κ3) is 3.60. The van der Waals surface area contributed by atoms with Crippen molar-refractivity contribution in [1.82, 2.24) is 10.2 Å². The Morgan fingerprint density at radius 2 is 1.96 bits per heavy atom. The van der Waals surface area contributed by atoms with E-state index in [0.29, 0.717) is 21.7 Å². The molecule has 0 atom stereocenters. The fourth-order valence-electron chi connectivity index (χ4n) is 1.91. The van der Waals surface area contributed by atoms with Crippen LogP contribution in [-0.2, 0) is 0 Å². The first-order chi connectivity index (χ1) is 11.6. The van der Waals surface area contributed by atoms with Crippen molar-refractivity contribution >= 4 is 32.8 Å². The van der Waals surface area contributed by atoms with Gasteiger partial charge in [-0.25, -0.2) is 0 Å². The number of aromatic hydroxyl groups is 1. The van der Waals surface area contributed by atoms with Crippen LogP contribution in [-0.4, -0.2) is 27.5 Å². The Morgan fingerprint density at radius 3 is 2.67 bits per heavy atom. The van der Waals surface area contributed by atoms with Gasteiger partial charge >= 0.3 is 0 Å². The van der Waals surface area contributed by atoms with Crippen molar-refractivity contribution < 1.29 is 19.1 Å². The number of phenols is 1. The number of benzene rings is 2. The van der Waals surface area contributed by atoms with Gasteiger partial charge in [0.05, 0.1) is 12.7 Å². The lowest BCUT2D eigenvalue weighted by Crippen LogP contribution is -1.94. The van der Waals surface area contributed by atoms with E-state index in [0.717, 1.165) is 11.8 Å². The minimum absolute atomic E-state index is 0.102. The van der Waals surface area contributed by atoms with E-state index < -0.39 is 5.12 Å². The van der Waals surface area contributed by atoms with Crippen LogP contribution < -0.4 is 4.74 Å². The first kappa shape index (κ1) is 16.5. The molecule has 2 aromatic carbocycles. The molecular formula is C16H11BrN2O4S. The van der Waals surface area contributed by atoms with E-state index in [1.54, 1.807) is 37.4 Å². The summed E-state index contributed by atoms with van der Waals surface area (Å²) in [6.07, 6.45) is 0. The van der Waals surface area contributed by atoms with Gasteiger partial charge in [-0.1, -0.05) is 15.9 Å². The monoisotopic (exact) mass is 406 g/mol. The predicted molar refractivity (Wildman–Crippen MR) is 92.3 cm³/mol. The summed E-state index contributed by atoms with van der Waals surface area (Å²) in [5.74, 6) is 0.908. The highest BCUT2D eigenvalue weighted by molar-refractivity contribution is 9.10. The zero-order valence-electron chi connectivity index (χ0n) is 12.4. The van der Waals surface area contributed by atoms with Crippen molar-refractivity contribution in [2.75, 3.05) is 7.11 Å². The van der Waals surface area contributed by atoms with E-state index in [4.69, 9.17) is 9.15 Å². The van der Waals surface area contributed by atoms with Gasteiger partial charge in [-0.05, 0) is 42.5 Å². The van der Waals surface area contributed by atoms with Crippen LogP contribution in [0, 0.1) is 0 Å². The average Bonchev–Trinajstić information content (AvgIpc) is 3.05. The van der Waals surface area contributed by atoms with Gasteiger partial charge in [-0.2, -0.15) is 0 Å². The Labute approximate surface area is 150 Å². The predicted octanol–water partition coefficient (Wildman–Crippen LogP) is 4.15. The number of rotatable bonds is 4. The number of hydrogen-bond donors (Lipinski definition) is 1. The van der Waals surface area contributed by atoms with Crippen molar-refractivity contribution in [3.05, 3.63) is 52.5 Å². The van der Waals surface area contributed by atoms with Gasteiger partial charge in [0, 0.05) is 21.8 Å². The second-order valence-electron chi connectivity index (χ2n) is 4.65. The topological polar surface area (TPSA) is 85.5 Å². The van der Waals surface area contributed by atoms with Gasteiger partial charge in [0.15, 0.2) is 0 Å². The molecule has 0 saturated carbocycles. The maximum Gasteiger partial charge on any atom is 0.284 e. The molecule has 0 bridgehead atoms. The van der Waals surface area contributed by atoms with E-state index in [1.807, 2.05) is 0 Å². The summed E-state index contributed by atoms with van der Waals surface area (Å²) in [6, 6.07) is 11.7. The van der Waals surface area contributed by atoms with Crippen molar-refractivity contribution in [3.63, 3.8) is 0 Å². The third-order valence-electron chi connectivity index (χ3n) is 3.10. The van der Waals surface area contributed by atoms with Crippen LogP contribution >= 0.6 is 27.7 Å². The van der Waals surface area contributed by atoms with Crippen LogP contribution in [0.4, 0.5) is 0 Å². The molecule has 24 heavy (non-hydrogen) atoms. The van der Waals surface area contributed by atoms with Crippen LogP contribution in [0.25, 0.3) is 11.5 Å². The second kappa shape index (κ2) is 7.06. The van der Waals surface area contributed by atoms with E-state index in [2.05, 4.69) is 26.1 Å². The fourth-order valence-corrected chi connectivity index (χ4v) is 2.90. The first-order valence-corrected chi connectivity index (χ1v) is 8.36. The molecule has 1 aromatic heterocycles. The number of thioether (sulfide) groups is 1. The molecule has 0 spiro atoms. The van der Waals surface area contributed by atoms with Crippen LogP contribution in [0.5, 0.6) is 11.5 Å². The third-order valence-corrected chi connectivity index (χ3v) is 4.34. The van der Waals surface area contributed by atoms with E-state index in [1.165, 1.54) is 12.1 Å². The van der Waals surface area contributed by atoms with Gasteiger partial charge < -0.3 is 14.3 Å². The molecule has 0 amide bonds. The number of hydrogen-bond acceptors (Lipinski definition) is 7. The highest BCUT2D eigenvalue weighted by Gasteiger charge is 2.18. The maximum atomic E-state index is 12.3. The van der Waals surface area contributed by atoms with Crippen LogP contribution in [0.1, 0.15) is 10.4 Å². The molecule has 0 aliphatic heterocycles. The molecule has 3 aromatic rings. The molecule has 8 heteroatoms. The fraction of sp³-hybridized carbons (Fsp3) is 0.0625. The summed E-state index contributed by atoms with van der Waals surface area (Å²) in [5.41, 5.74) is 0.881. The number of methoxy groups -OCH3 is 1. The lowest BCUT2D eigenvalue weighted by molar-refractivity contribution is 0.108. The standard InChI is InChI=1S/C16H11BrN2O4S/c1-22-11-5-2-9(3-6-11)14-18-19-16(23-14)24-15(21)12-8-10(17)4-7-13(12)20/h2-8,20H,1H3. The van der Waals surface area contributed by atoms with E-state index >= 15 is 0 Å². The van der Waals surface area contributed by atoms with Gasteiger partial charge in [0.1, 0.15) is 11.5 Å². The van der Waals surface area contributed by atoms with Crippen molar-refractivity contribution in [2.45, 2.75) is 5.22 Å². The Bertz CT molecular complexity index is 880. The number of ether oxygens (including phenoxy) is 1. The Hall–Kier alpha value is -2.32. The number of nitrogens with zero attached hydrogens (tertiary/aromatic N) is 2. The number of halogens is 1. The molecule has 6 nitrogen and oxygen atoms in total. The Balaban J connectivity index is 1.78. The summed E-state index contributed by atoms with van der Waals surface area (Å²) in [4.78, 5) is 12.3. The second-order valence-corrected chi connectivity index (χ2v) is 6.49. The van der Waals surface area contributed by atoms with Crippen LogP contribution in [0.3, 0.4) is 0 Å². The van der Waals surface area contributed by atoms with Crippen molar-refractivity contribution in [3.8, 4) is 23.0 Å². The molecule has 3 rings (SSSR count). The van der Waals surface area contributed by atoms with Gasteiger partial charge in [0.2, 0.25) is 11.0 Å². The van der Waals surface area contributed by atoms with Gasteiger partial charge in [-0.3, -0.25) is 4.79 Å². The molecule has 0 radical (unpaired) electrons. The molecule has 122 valence electrons. The first-order valence-electron chi connectivity index (χ1n) is 6.75. The highest BCUT2D eigenvalue weighted by atomic mass is 79.9. The molecule has 1 heterocycles.